The molecule has 0 spiro atoms. The Balaban J connectivity index is 2.93. The van der Waals surface area contributed by atoms with E-state index in [2.05, 4.69) is 16.6 Å². The smallest absolute Gasteiger partial charge is 0.322 e. The lowest BCUT2D eigenvalue weighted by atomic mass is 10.1. The van der Waals surface area contributed by atoms with Crippen LogP contribution in [-0.4, -0.2) is 45.1 Å². The zero-order valence-corrected chi connectivity index (χ0v) is 12.8. The van der Waals surface area contributed by atoms with Gasteiger partial charge in [-0.15, -0.1) is 0 Å². The van der Waals surface area contributed by atoms with Crippen LogP contribution in [0.5, 0.6) is 0 Å². The highest BCUT2D eigenvalue weighted by molar-refractivity contribution is 7.89. The van der Waals surface area contributed by atoms with Crippen molar-refractivity contribution in [2.45, 2.75) is 6.54 Å². The molecule has 1 aromatic rings. The second-order valence-corrected chi connectivity index (χ2v) is 6.33. The fourth-order valence-electron chi connectivity index (χ4n) is 1.58. The van der Waals surface area contributed by atoms with Crippen LogP contribution in [0.25, 0.3) is 0 Å². The minimum Gasteiger partial charge on any atom is -0.468 e. The van der Waals surface area contributed by atoms with Gasteiger partial charge in [-0.3, -0.25) is 4.79 Å². The van der Waals surface area contributed by atoms with Gasteiger partial charge in [0.2, 0.25) is 10.0 Å². The van der Waals surface area contributed by atoms with E-state index in [-0.39, 0.29) is 13.1 Å². The minimum atomic E-state index is -3.72. The van der Waals surface area contributed by atoms with E-state index in [0.29, 0.717) is 5.56 Å². The van der Waals surface area contributed by atoms with Gasteiger partial charge in [0.25, 0.3) is 0 Å². The summed E-state index contributed by atoms with van der Waals surface area (Å²) in [6.45, 7) is 0.347. The van der Waals surface area contributed by atoms with Crippen LogP contribution < -0.4 is 5.73 Å². The second kappa shape index (κ2) is 7.78. The molecule has 0 aromatic heterocycles. The summed E-state index contributed by atoms with van der Waals surface area (Å²) >= 11 is 0. The van der Waals surface area contributed by atoms with E-state index in [1.54, 1.807) is 18.2 Å². The number of sulfonamides is 1. The lowest BCUT2D eigenvalue weighted by molar-refractivity contribution is -0.137. The van der Waals surface area contributed by atoms with Crippen molar-refractivity contribution in [1.82, 2.24) is 4.31 Å². The number of benzene rings is 1. The van der Waals surface area contributed by atoms with Crippen LogP contribution in [0.4, 0.5) is 0 Å². The summed E-state index contributed by atoms with van der Waals surface area (Å²) in [7, 11) is -1.16. The molecule has 0 aliphatic rings. The summed E-state index contributed by atoms with van der Waals surface area (Å²) in [6.07, 6.45) is 0. The van der Waals surface area contributed by atoms with E-state index in [1.807, 2.05) is 6.07 Å². The summed E-state index contributed by atoms with van der Waals surface area (Å²) in [5.41, 5.74) is 6.79. The average Bonchev–Trinajstić information content (AvgIpc) is 2.45. The lowest BCUT2D eigenvalue weighted by Gasteiger charge is -2.17. The third-order valence-electron chi connectivity index (χ3n) is 2.74. The molecule has 1 rings (SSSR count). The molecule has 0 radical (unpaired) electrons. The van der Waals surface area contributed by atoms with E-state index in [0.717, 1.165) is 17.0 Å². The molecule has 0 unspecified atom stereocenters. The molecule has 6 nitrogen and oxygen atoms in total. The molecule has 0 saturated carbocycles. The summed E-state index contributed by atoms with van der Waals surface area (Å²) in [5.74, 6) is 4.15. The SMILES string of the molecule is COC(=O)CS(=O)(=O)N(C)Cc1ccccc1C#CCN. The lowest BCUT2D eigenvalue weighted by Crippen LogP contribution is -2.32. The molecule has 0 atom stereocenters. The molecule has 0 aliphatic carbocycles. The number of methoxy groups -OCH3 is 1. The Morgan fingerprint density at radius 2 is 2.05 bits per heavy atom. The Kier molecular flexibility index (Phi) is 6.37. The molecule has 114 valence electrons. The standard InChI is InChI=1S/C14H18N2O4S/c1-16(21(18,19)11-14(17)20-2)10-13-7-4-3-6-12(13)8-5-9-15/h3-4,6-7H,9-11,15H2,1-2H3. The highest BCUT2D eigenvalue weighted by Crippen LogP contribution is 2.12. The molecule has 1 aromatic carbocycles. The van der Waals surface area contributed by atoms with Crippen LogP contribution in [0.15, 0.2) is 24.3 Å². The van der Waals surface area contributed by atoms with Crippen LogP contribution in [0, 0.1) is 11.8 Å². The monoisotopic (exact) mass is 310 g/mol. The molecule has 21 heavy (non-hydrogen) atoms. The molecule has 0 heterocycles. The Morgan fingerprint density at radius 3 is 2.67 bits per heavy atom. The summed E-state index contributed by atoms with van der Waals surface area (Å²) < 4.78 is 29.5. The van der Waals surface area contributed by atoms with Gasteiger partial charge in [-0.25, -0.2) is 12.7 Å². The number of hydrogen-bond acceptors (Lipinski definition) is 5. The first-order chi connectivity index (χ1) is 9.90. The molecule has 7 heteroatoms. The normalized spacial score (nSPS) is 10.9. The zero-order valence-electron chi connectivity index (χ0n) is 12.0. The van der Waals surface area contributed by atoms with Crippen LogP contribution in [0.1, 0.15) is 11.1 Å². The van der Waals surface area contributed by atoms with E-state index < -0.39 is 21.7 Å². The van der Waals surface area contributed by atoms with Crippen LogP contribution in [0.2, 0.25) is 0 Å². The van der Waals surface area contributed by atoms with Crippen LogP contribution in [0.3, 0.4) is 0 Å². The third kappa shape index (κ3) is 5.19. The van der Waals surface area contributed by atoms with Crippen molar-refractivity contribution in [3.05, 3.63) is 35.4 Å². The predicted molar refractivity (Wildman–Crippen MR) is 79.6 cm³/mol. The second-order valence-electron chi connectivity index (χ2n) is 4.25. The quantitative estimate of drug-likeness (QED) is 0.607. The first-order valence-corrected chi connectivity index (χ1v) is 7.79. The highest BCUT2D eigenvalue weighted by Gasteiger charge is 2.23. The van der Waals surface area contributed by atoms with Crippen molar-refractivity contribution in [2.24, 2.45) is 5.73 Å². The molecular weight excluding hydrogens is 292 g/mol. The van der Waals surface area contributed by atoms with E-state index >= 15 is 0 Å². The van der Waals surface area contributed by atoms with Crippen molar-refractivity contribution in [1.29, 1.82) is 0 Å². The van der Waals surface area contributed by atoms with Crippen LogP contribution >= 0.6 is 0 Å². The Hall–Kier alpha value is -1.88. The number of nitrogens with zero attached hydrogens (tertiary/aromatic N) is 1. The fraction of sp³-hybridized carbons (Fsp3) is 0.357. The number of carbonyl (C=O) groups excluding carboxylic acids is 1. The van der Waals surface area contributed by atoms with Gasteiger partial charge in [0.1, 0.15) is 0 Å². The summed E-state index contributed by atoms with van der Waals surface area (Å²) in [6, 6.07) is 7.18. The Labute approximate surface area is 124 Å². The van der Waals surface area contributed by atoms with Crippen LogP contribution in [-0.2, 0) is 26.1 Å². The average molecular weight is 310 g/mol. The van der Waals surface area contributed by atoms with Gasteiger partial charge >= 0.3 is 5.97 Å². The van der Waals surface area contributed by atoms with Gasteiger partial charge in [-0.1, -0.05) is 30.0 Å². The van der Waals surface area contributed by atoms with Gasteiger partial charge in [0.15, 0.2) is 5.75 Å². The first kappa shape index (κ1) is 17.2. The van der Waals surface area contributed by atoms with Gasteiger partial charge in [-0.2, -0.15) is 0 Å². The number of hydrogen-bond donors (Lipinski definition) is 1. The topological polar surface area (TPSA) is 89.7 Å². The molecule has 0 saturated heterocycles. The fourth-order valence-corrected chi connectivity index (χ4v) is 2.55. The predicted octanol–water partition coefficient (Wildman–Crippen LogP) is -0.0686. The highest BCUT2D eigenvalue weighted by atomic mass is 32.2. The first-order valence-electron chi connectivity index (χ1n) is 6.18. The van der Waals surface area contributed by atoms with E-state index in [9.17, 15) is 13.2 Å². The molecule has 0 amide bonds. The summed E-state index contributed by atoms with van der Waals surface area (Å²) in [4.78, 5) is 11.1. The Morgan fingerprint density at radius 1 is 1.38 bits per heavy atom. The maximum Gasteiger partial charge on any atom is 0.322 e. The molecule has 0 fully saturated rings. The Bertz CT molecular complexity index is 659. The van der Waals surface area contributed by atoms with Crippen molar-refractivity contribution in [3.8, 4) is 11.8 Å². The molecular formula is C14H18N2O4S. The number of rotatable bonds is 5. The molecule has 2 N–H and O–H groups in total. The number of nitrogens with two attached hydrogens (primary N) is 1. The minimum absolute atomic E-state index is 0.120. The molecule has 0 bridgehead atoms. The van der Waals surface area contributed by atoms with Gasteiger partial charge in [0.05, 0.1) is 13.7 Å². The third-order valence-corrected chi connectivity index (χ3v) is 4.42. The van der Waals surface area contributed by atoms with Crippen molar-refractivity contribution in [2.75, 3.05) is 26.5 Å². The largest absolute Gasteiger partial charge is 0.468 e. The number of carbonyl (C=O) groups is 1. The van der Waals surface area contributed by atoms with Gasteiger partial charge in [0, 0.05) is 19.2 Å². The maximum absolute atomic E-state index is 12.0. The summed E-state index contributed by atoms with van der Waals surface area (Å²) in [5, 5.41) is 0. The van der Waals surface area contributed by atoms with Gasteiger partial charge in [-0.05, 0) is 11.6 Å². The maximum atomic E-state index is 12.0. The zero-order chi connectivity index (χ0) is 15.9. The van der Waals surface area contributed by atoms with Crippen molar-refractivity contribution >= 4 is 16.0 Å². The number of ether oxygens (including phenoxy) is 1. The molecule has 0 aliphatic heterocycles. The number of esters is 1. The van der Waals surface area contributed by atoms with E-state index in [4.69, 9.17) is 5.73 Å². The van der Waals surface area contributed by atoms with E-state index in [1.165, 1.54) is 7.05 Å². The van der Waals surface area contributed by atoms with Crippen molar-refractivity contribution in [3.63, 3.8) is 0 Å². The van der Waals surface area contributed by atoms with Crippen molar-refractivity contribution < 1.29 is 17.9 Å². The van der Waals surface area contributed by atoms with Gasteiger partial charge < -0.3 is 10.5 Å².